The number of hydrogen-bond donors (Lipinski definition) is 1. The molecule has 0 spiro atoms. The van der Waals surface area contributed by atoms with Crippen LogP contribution >= 0.6 is 11.3 Å². The van der Waals surface area contributed by atoms with Crippen LogP contribution in [0.15, 0.2) is 51.4 Å². The summed E-state index contributed by atoms with van der Waals surface area (Å²) in [6.45, 7) is 9.79. The number of fused-ring (bicyclic) bond motifs is 1. The van der Waals surface area contributed by atoms with Gasteiger partial charge >= 0.3 is 5.97 Å². The van der Waals surface area contributed by atoms with Crippen molar-refractivity contribution in [2.45, 2.75) is 40.7 Å². The molecule has 0 amide bonds. The lowest BCUT2D eigenvalue weighted by atomic mass is 9.95. The lowest BCUT2D eigenvalue weighted by molar-refractivity contribution is -0.139. The van der Waals surface area contributed by atoms with Crippen LogP contribution in [-0.4, -0.2) is 22.1 Å². The average Bonchev–Trinajstić information content (AvgIpc) is 3.19. The molecule has 1 aromatic carbocycles. The minimum Gasteiger partial charge on any atom is -0.463 e. The number of allylic oxidation sites excluding steroid dienone is 1. The molecule has 0 radical (unpaired) electrons. The zero-order chi connectivity index (χ0) is 22.3. The first kappa shape index (κ1) is 21.1. The zero-order valence-electron chi connectivity index (χ0n) is 18.3. The van der Waals surface area contributed by atoms with Crippen LogP contribution in [0.25, 0.3) is 6.08 Å². The largest absolute Gasteiger partial charge is 0.463 e. The van der Waals surface area contributed by atoms with Gasteiger partial charge in [0.15, 0.2) is 4.80 Å². The third-order valence-corrected chi connectivity index (χ3v) is 6.37. The van der Waals surface area contributed by atoms with Crippen LogP contribution in [-0.2, 0) is 9.53 Å². The number of ether oxygens (including phenoxy) is 1. The molecule has 6 nitrogen and oxygen atoms in total. The summed E-state index contributed by atoms with van der Waals surface area (Å²) in [7, 11) is 0. The highest BCUT2D eigenvalue weighted by atomic mass is 32.1. The quantitative estimate of drug-likeness (QED) is 0.640. The van der Waals surface area contributed by atoms with Crippen molar-refractivity contribution in [3.05, 3.63) is 89.4 Å². The van der Waals surface area contributed by atoms with E-state index in [1.807, 2.05) is 57.2 Å². The summed E-state index contributed by atoms with van der Waals surface area (Å²) in [5, 5.41) is 0. The normalized spacial score (nSPS) is 16.3. The SMILES string of the molecule is CCOC(=O)C1=C(C)N=c2s/c(=C/c3cc(C)[nH]c3C)c(=O)n2C1c1ccc(C)cc1. The Morgan fingerprint density at radius 2 is 1.94 bits per heavy atom. The van der Waals surface area contributed by atoms with E-state index in [4.69, 9.17) is 4.74 Å². The number of aromatic nitrogens is 2. The fourth-order valence-corrected chi connectivity index (χ4v) is 4.93. The Kier molecular flexibility index (Phi) is 5.54. The molecule has 1 atom stereocenters. The molecule has 4 rings (SSSR count). The zero-order valence-corrected chi connectivity index (χ0v) is 19.1. The smallest absolute Gasteiger partial charge is 0.338 e. The Bertz CT molecular complexity index is 1370. The Labute approximate surface area is 184 Å². The predicted octanol–water partition coefficient (Wildman–Crippen LogP) is 3.05. The summed E-state index contributed by atoms with van der Waals surface area (Å²) < 4.78 is 7.52. The fourth-order valence-electron chi connectivity index (χ4n) is 3.89. The number of aromatic amines is 1. The van der Waals surface area contributed by atoms with Crippen LogP contribution in [0.4, 0.5) is 0 Å². The topological polar surface area (TPSA) is 76.4 Å². The van der Waals surface area contributed by atoms with Crippen molar-refractivity contribution < 1.29 is 9.53 Å². The van der Waals surface area contributed by atoms with E-state index < -0.39 is 12.0 Å². The average molecular weight is 436 g/mol. The number of carbonyl (C=O) groups excluding carboxylic acids is 1. The number of thiazole rings is 1. The van der Waals surface area contributed by atoms with E-state index >= 15 is 0 Å². The van der Waals surface area contributed by atoms with Crippen LogP contribution in [0, 0.1) is 20.8 Å². The first-order valence-electron chi connectivity index (χ1n) is 10.2. The van der Waals surface area contributed by atoms with Gasteiger partial charge < -0.3 is 9.72 Å². The minimum absolute atomic E-state index is 0.165. The van der Waals surface area contributed by atoms with Crippen molar-refractivity contribution in [3.63, 3.8) is 0 Å². The van der Waals surface area contributed by atoms with Gasteiger partial charge in [0.05, 0.1) is 28.5 Å². The van der Waals surface area contributed by atoms with Crippen molar-refractivity contribution in [1.82, 2.24) is 9.55 Å². The van der Waals surface area contributed by atoms with Gasteiger partial charge in [-0.05, 0) is 57.9 Å². The number of hydrogen-bond acceptors (Lipinski definition) is 5. The minimum atomic E-state index is -0.577. The van der Waals surface area contributed by atoms with Gasteiger partial charge in [-0.2, -0.15) is 0 Å². The molecule has 2 aromatic heterocycles. The van der Waals surface area contributed by atoms with E-state index in [0.717, 1.165) is 28.1 Å². The molecular weight excluding hydrogens is 410 g/mol. The molecule has 0 saturated carbocycles. The molecule has 0 aliphatic carbocycles. The summed E-state index contributed by atoms with van der Waals surface area (Å²) in [5.41, 5.74) is 5.77. The van der Waals surface area contributed by atoms with Crippen LogP contribution in [0.3, 0.4) is 0 Å². The molecular formula is C24H25N3O3S. The fraction of sp³-hybridized carbons (Fsp3) is 0.292. The number of H-pyrrole nitrogens is 1. The second-order valence-corrected chi connectivity index (χ2v) is 8.75. The summed E-state index contributed by atoms with van der Waals surface area (Å²) in [5.74, 6) is -0.444. The van der Waals surface area contributed by atoms with Crippen LogP contribution in [0.5, 0.6) is 0 Å². The molecule has 0 saturated heterocycles. The van der Waals surface area contributed by atoms with Gasteiger partial charge in [-0.15, -0.1) is 0 Å². The number of benzene rings is 1. The Morgan fingerprint density at radius 3 is 2.55 bits per heavy atom. The lowest BCUT2D eigenvalue weighted by Crippen LogP contribution is -2.39. The molecule has 1 unspecified atom stereocenters. The first-order chi connectivity index (χ1) is 14.8. The van der Waals surface area contributed by atoms with Crippen molar-refractivity contribution in [1.29, 1.82) is 0 Å². The maximum Gasteiger partial charge on any atom is 0.338 e. The second kappa shape index (κ2) is 8.15. The van der Waals surface area contributed by atoms with Crippen LogP contribution in [0.2, 0.25) is 0 Å². The molecule has 0 fully saturated rings. The van der Waals surface area contributed by atoms with E-state index in [0.29, 0.717) is 20.6 Å². The summed E-state index contributed by atoms with van der Waals surface area (Å²) in [4.78, 5) is 34.8. The van der Waals surface area contributed by atoms with Crippen LogP contribution < -0.4 is 14.9 Å². The number of aryl methyl sites for hydroxylation is 3. The number of nitrogens with one attached hydrogen (secondary N) is 1. The highest BCUT2D eigenvalue weighted by Gasteiger charge is 2.33. The molecule has 3 heterocycles. The third kappa shape index (κ3) is 3.81. The molecule has 31 heavy (non-hydrogen) atoms. The highest BCUT2D eigenvalue weighted by molar-refractivity contribution is 7.07. The van der Waals surface area contributed by atoms with E-state index in [1.54, 1.807) is 18.4 Å². The standard InChI is InChI=1S/C24H25N3O3S/c1-6-30-23(29)20-16(5)26-24-27(21(20)17-9-7-13(2)8-10-17)22(28)19(31-24)12-18-11-14(3)25-15(18)4/h7-12,21,25H,6H2,1-5H3/b19-12+. The van der Waals surface area contributed by atoms with Gasteiger partial charge in [-0.3, -0.25) is 9.36 Å². The number of nitrogens with zero attached hydrogens (tertiary/aromatic N) is 2. The van der Waals surface area contributed by atoms with Gasteiger partial charge in [-0.25, -0.2) is 9.79 Å². The molecule has 1 aliphatic heterocycles. The van der Waals surface area contributed by atoms with Crippen molar-refractivity contribution in [2.24, 2.45) is 4.99 Å². The molecule has 3 aromatic rings. The summed E-state index contributed by atoms with van der Waals surface area (Å²) in [6, 6.07) is 9.31. The Morgan fingerprint density at radius 1 is 1.23 bits per heavy atom. The van der Waals surface area contributed by atoms with E-state index in [9.17, 15) is 9.59 Å². The second-order valence-electron chi connectivity index (χ2n) is 7.75. The van der Waals surface area contributed by atoms with Gasteiger partial charge in [0.2, 0.25) is 0 Å². The molecule has 7 heteroatoms. The van der Waals surface area contributed by atoms with Gasteiger partial charge in [0, 0.05) is 11.4 Å². The molecule has 160 valence electrons. The van der Waals surface area contributed by atoms with Crippen molar-refractivity contribution in [3.8, 4) is 0 Å². The Hall–Kier alpha value is -3.19. The van der Waals surface area contributed by atoms with Crippen molar-refractivity contribution in [2.75, 3.05) is 6.61 Å². The van der Waals surface area contributed by atoms with Crippen LogP contribution in [0.1, 0.15) is 48.0 Å². The predicted molar refractivity (Wildman–Crippen MR) is 122 cm³/mol. The number of rotatable bonds is 4. The first-order valence-corrected chi connectivity index (χ1v) is 11.0. The maximum atomic E-state index is 13.5. The Balaban J connectivity index is 1.97. The van der Waals surface area contributed by atoms with Gasteiger partial charge in [-0.1, -0.05) is 41.2 Å². The lowest BCUT2D eigenvalue weighted by Gasteiger charge is -2.24. The van der Waals surface area contributed by atoms with Gasteiger partial charge in [0.1, 0.15) is 0 Å². The summed E-state index contributed by atoms with van der Waals surface area (Å²) >= 11 is 1.34. The molecule has 0 bridgehead atoms. The highest BCUT2D eigenvalue weighted by Crippen LogP contribution is 2.30. The van der Waals surface area contributed by atoms with E-state index in [-0.39, 0.29) is 12.2 Å². The van der Waals surface area contributed by atoms with Gasteiger partial charge in [0.25, 0.3) is 5.56 Å². The maximum absolute atomic E-state index is 13.5. The number of esters is 1. The molecule has 1 N–H and O–H groups in total. The monoisotopic (exact) mass is 435 g/mol. The number of carbonyl (C=O) groups is 1. The van der Waals surface area contributed by atoms with Crippen molar-refractivity contribution >= 4 is 23.4 Å². The molecule has 1 aliphatic rings. The van der Waals surface area contributed by atoms with E-state index in [2.05, 4.69) is 9.98 Å². The third-order valence-electron chi connectivity index (χ3n) is 5.39. The summed E-state index contributed by atoms with van der Waals surface area (Å²) in [6.07, 6.45) is 1.89. The van der Waals surface area contributed by atoms with E-state index in [1.165, 1.54) is 11.3 Å².